The Hall–Kier alpha value is -1.43. The van der Waals surface area contributed by atoms with Gasteiger partial charge >= 0.3 is 0 Å². The van der Waals surface area contributed by atoms with Crippen molar-refractivity contribution in [2.45, 2.75) is 0 Å². The van der Waals surface area contributed by atoms with Crippen molar-refractivity contribution < 1.29 is 0 Å². The summed E-state index contributed by atoms with van der Waals surface area (Å²) >= 11 is 3.32. The minimum atomic E-state index is 0.763. The highest BCUT2D eigenvalue weighted by Crippen LogP contribution is 2.14. The smallest absolute Gasteiger partial charge is 0.150 e. The number of nitrogens with one attached hydrogen (secondary N) is 1. The SMILES string of the molecule is Cn1nncc1Nc1ccc(Br)cn1. The quantitative estimate of drug-likeness (QED) is 0.886. The van der Waals surface area contributed by atoms with Crippen LogP contribution in [0.15, 0.2) is 29.0 Å². The van der Waals surface area contributed by atoms with Crippen LogP contribution in [0.2, 0.25) is 0 Å². The van der Waals surface area contributed by atoms with E-state index in [0.717, 1.165) is 16.1 Å². The van der Waals surface area contributed by atoms with Gasteiger partial charge in [0.1, 0.15) is 11.6 Å². The molecule has 0 atom stereocenters. The second-order valence-electron chi connectivity index (χ2n) is 2.73. The Bertz CT molecular complexity index is 422. The molecule has 6 heteroatoms. The van der Waals surface area contributed by atoms with Gasteiger partial charge in [-0.2, -0.15) is 0 Å². The van der Waals surface area contributed by atoms with Crippen LogP contribution in [0, 0.1) is 0 Å². The lowest BCUT2D eigenvalue weighted by atomic mass is 10.4. The molecule has 0 radical (unpaired) electrons. The highest BCUT2D eigenvalue weighted by atomic mass is 79.9. The molecule has 5 nitrogen and oxygen atoms in total. The summed E-state index contributed by atoms with van der Waals surface area (Å²) < 4.78 is 2.59. The Morgan fingerprint density at radius 1 is 1.36 bits per heavy atom. The van der Waals surface area contributed by atoms with Gasteiger partial charge < -0.3 is 5.32 Å². The van der Waals surface area contributed by atoms with E-state index < -0.39 is 0 Å². The van der Waals surface area contributed by atoms with Crippen LogP contribution in [-0.2, 0) is 7.05 Å². The zero-order valence-electron chi connectivity index (χ0n) is 7.48. The van der Waals surface area contributed by atoms with E-state index in [0.29, 0.717) is 0 Å². The minimum Gasteiger partial charge on any atom is -0.324 e. The van der Waals surface area contributed by atoms with Gasteiger partial charge in [0.25, 0.3) is 0 Å². The third-order valence-corrected chi connectivity index (χ3v) is 2.17. The standard InChI is InChI=1S/C8H8BrN5/c1-14-8(5-11-13-14)12-7-3-2-6(9)4-10-7/h2-5H,1H3,(H,10,12). The molecule has 0 aliphatic rings. The van der Waals surface area contributed by atoms with Gasteiger partial charge in [-0.3, -0.25) is 0 Å². The number of aromatic nitrogens is 4. The molecule has 0 bridgehead atoms. The molecule has 2 aromatic heterocycles. The Balaban J connectivity index is 2.19. The molecule has 0 aliphatic carbocycles. The number of hydrogen-bond acceptors (Lipinski definition) is 4. The van der Waals surface area contributed by atoms with Crippen molar-refractivity contribution in [3.8, 4) is 0 Å². The second-order valence-corrected chi connectivity index (χ2v) is 3.65. The fourth-order valence-electron chi connectivity index (χ4n) is 0.984. The van der Waals surface area contributed by atoms with Crippen LogP contribution in [0.3, 0.4) is 0 Å². The van der Waals surface area contributed by atoms with E-state index in [2.05, 4.69) is 36.5 Å². The largest absolute Gasteiger partial charge is 0.324 e. The molecule has 2 aromatic rings. The lowest BCUT2D eigenvalue weighted by molar-refractivity contribution is 0.721. The fraction of sp³-hybridized carbons (Fsp3) is 0.125. The Labute approximate surface area is 89.3 Å². The first-order chi connectivity index (χ1) is 6.75. The Morgan fingerprint density at radius 2 is 2.21 bits per heavy atom. The van der Waals surface area contributed by atoms with Gasteiger partial charge in [-0.05, 0) is 28.1 Å². The van der Waals surface area contributed by atoms with E-state index in [9.17, 15) is 0 Å². The molecule has 0 fully saturated rings. The van der Waals surface area contributed by atoms with Crippen LogP contribution < -0.4 is 5.32 Å². The Morgan fingerprint density at radius 3 is 2.79 bits per heavy atom. The first-order valence-corrected chi connectivity index (χ1v) is 4.78. The van der Waals surface area contributed by atoms with Gasteiger partial charge in [0, 0.05) is 17.7 Å². The van der Waals surface area contributed by atoms with Gasteiger partial charge in [-0.1, -0.05) is 5.21 Å². The molecule has 0 spiro atoms. The summed E-state index contributed by atoms with van der Waals surface area (Å²) in [5.41, 5.74) is 0. The van der Waals surface area contributed by atoms with E-state index in [1.165, 1.54) is 0 Å². The first-order valence-electron chi connectivity index (χ1n) is 3.99. The zero-order chi connectivity index (χ0) is 9.97. The average molecular weight is 254 g/mol. The normalized spacial score (nSPS) is 10.1. The monoisotopic (exact) mass is 253 g/mol. The molecular weight excluding hydrogens is 246 g/mol. The topological polar surface area (TPSA) is 55.6 Å². The molecule has 14 heavy (non-hydrogen) atoms. The number of nitrogens with zero attached hydrogens (tertiary/aromatic N) is 4. The summed E-state index contributed by atoms with van der Waals surface area (Å²) in [5.74, 6) is 1.57. The summed E-state index contributed by atoms with van der Waals surface area (Å²) in [7, 11) is 1.81. The highest BCUT2D eigenvalue weighted by Gasteiger charge is 2.00. The molecule has 0 unspecified atom stereocenters. The van der Waals surface area contributed by atoms with E-state index in [4.69, 9.17) is 0 Å². The predicted molar refractivity (Wildman–Crippen MR) is 56.2 cm³/mol. The van der Waals surface area contributed by atoms with Crippen molar-refractivity contribution >= 4 is 27.6 Å². The summed E-state index contributed by atoms with van der Waals surface area (Å²) in [6, 6.07) is 3.79. The molecule has 72 valence electrons. The average Bonchev–Trinajstić information content (AvgIpc) is 2.56. The summed E-state index contributed by atoms with van der Waals surface area (Å²) in [4.78, 5) is 4.17. The van der Waals surface area contributed by atoms with Gasteiger partial charge in [-0.25, -0.2) is 9.67 Å². The number of halogens is 1. The minimum absolute atomic E-state index is 0.763. The van der Waals surface area contributed by atoms with Crippen LogP contribution in [0.1, 0.15) is 0 Å². The van der Waals surface area contributed by atoms with Gasteiger partial charge in [-0.15, -0.1) is 5.10 Å². The number of hydrogen-bond donors (Lipinski definition) is 1. The molecule has 1 N–H and O–H groups in total. The molecule has 2 rings (SSSR count). The lowest BCUT2D eigenvalue weighted by Crippen LogP contribution is -2.00. The van der Waals surface area contributed by atoms with Gasteiger partial charge in [0.15, 0.2) is 0 Å². The summed E-state index contributed by atoms with van der Waals surface area (Å²) in [6.45, 7) is 0. The van der Waals surface area contributed by atoms with E-state index in [-0.39, 0.29) is 0 Å². The first kappa shape index (κ1) is 9.14. The van der Waals surface area contributed by atoms with Crippen LogP contribution in [-0.4, -0.2) is 20.0 Å². The maximum atomic E-state index is 4.17. The van der Waals surface area contributed by atoms with Crippen molar-refractivity contribution in [3.63, 3.8) is 0 Å². The van der Waals surface area contributed by atoms with E-state index >= 15 is 0 Å². The molecule has 0 aromatic carbocycles. The highest BCUT2D eigenvalue weighted by molar-refractivity contribution is 9.10. The number of anilines is 2. The zero-order valence-corrected chi connectivity index (χ0v) is 9.06. The van der Waals surface area contributed by atoms with Crippen molar-refractivity contribution in [2.75, 3.05) is 5.32 Å². The van der Waals surface area contributed by atoms with E-state index in [1.807, 2.05) is 19.2 Å². The van der Waals surface area contributed by atoms with Crippen molar-refractivity contribution in [2.24, 2.45) is 7.05 Å². The van der Waals surface area contributed by atoms with Crippen molar-refractivity contribution in [3.05, 3.63) is 29.0 Å². The van der Waals surface area contributed by atoms with Crippen molar-refractivity contribution in [1.82, 2.24) is 20.0 Å². The van der Waals surface area contributed by atoms with Crippen molar-refractivity contribution in [1.29, 1.82) is 0 Å². The third kappa shape index (κ3) is 1.90. The van der Waals surface area contributed by atoms with Crippen LogP contribution in [0.25, 0.3) is 0 Å². The molecule has 0 saturated heterocycles. The van der Waals surface area contributed by atoms with Gasteiger partial charge in [0.2, 0.25) is 0 Å². The van der Waals surface area contributed by atoms with Gasteiger partial charge in [0.05, 0.1) is 6.20 Å². The molecule has 2 heterocycles. The summed E-state index contributed by atoms with van der Waals surface area (Å²) in [5, 5.41) is 10.6. The van der Waals surface area contributed by atoms with Crippen LogP contribution in [0.5, 0.6) is 0 Å². The van der Waals surface area contributed by atoms with Crippen LogP contribution in [0.4, 0.5) is 11.6 Å². The maximum Gasteiger partial charge on any atom is 0.150 e. The third-order valence-electron chi connectivity index (χ3n) is 1.70. The lowest BCUT2D eigenvalue weighted by Gasteiger charge is -2.03. The second kappa shape index (κ2) is 3.75. The summed E-state index contributed by atoms with van der Waals surface area (Å²) in [6.07, 6.45) is 3.37. The number of rotatable bonds is 2. The molecule has 0 saturated carbocycles. The number of pyridine rings is 1. The molecule has 0 amide bonds. The Kier molecular flexibility index (Phi) is 2.45. The fourth-order valence-corrected chi connectivity index (χ4v) is 1.22. The maximum absolute atomic E-state index is 4.17. The molecular formula is C8H8BrN5. The predicted octanol–water partition coefficient (Wildman–Crippen LogP) is 1.72. The van der Waals surface area contributed by atoms with E-state index in [1.54, 1.807) is 17.1 Å². The number of aryl methyl sites for hydroxylation is 1. The molecule has 0 aliphatic heterocycles. The van der Waals surface area contributed by atoms with Crippen LogP contribution >= 0.6 is 15.9 Å².